The average Bonchev–Trinajstić information content (AvgIpc) is 4.12. The van der Waals surface area contributed by atoms with E-state index in [2.05, 4.69) is 155 Å². The maximum Gasteiger partial charge on any atom is 0.238 e. The van der Waals surface area contributed by atoms with Crippen LogP contribution in [0.5, 0.6) is 0 Å². The number of aromatic nitrogens is 5. The van der Waals surface area contributed by atoms with Crippen LogP contribution < -0.4 is 0 Å². The van der Waals surface area contributed by atoms with Crippen LogP contribution in [0.3, 0.4) is 0 Å². The second kappa shape index (κ2) is 13.3. The smallest absolute Gasteiger partial charge is 0.238 e. The summed E-state index contributed by atoms with van der Waals surface area (Å²) >= 11 is 0. The Morgan fingerprint density at radius 1 is 0.328 bits per heavy atom. The molecular weight excluding hydrogens is 787 g/mol. The molecule has 0 N–H and O–H groups in total. The van der Waals surface area contributed by atoms with Gasteiger partial charge in [-0.3, -0.25) is 4.57 Å². The van der Waals surface area contributed by atoms with E-state index in [0.717, 1.165) is 115 Å². The minimum atomic E-state index is 0.515. The molecule has 0 saturated carbocycles. The lowest BCUT2D eigenvalue weighted by Gasteiger charge is -2.15. The molecule has 0 bridgehead atoms. The fraction of sp³-hybridized carbons (Fsp3) is 0. The summed E-state index contributed by atoms with van der Waals surface area (Å²) in [7, 11) is 0. The van der Waals surface area contributed by atoms with E-state index in [1.165, 1.54) is 0 Å². The topological polar surface area (TPSA) is 74.8 Å². The molecular formula is C57H33N5O2. The van der Waals surface area contributed by atoms with Gasteiger partial charge in [-0.1, -0.05) is 158 Å². The summed E-state index contributed by atoms with van der Waals surface area (Å²) < 4.78 is 17.8. The van der Waals surface area contributed by atoms with Crippen molar-refractivity contribution in [2.24, 2.45) is 0 Å². The molecule has 0 saturated heterocycles. The van der Waals surface area contributed by atoms with E-state index in [9.17, 15) is 0 Å². The summed E-state index contributed by atoms with van der Waals surface area (Å²) in [4.78, 5) is 16.1. The third-order valence-corrected chi connectivity index (χ3v) is 12.8. The quantitative estimate of drug-likeness (QED) is 0.173. The Labute approximate surface area is 364 Å². The summed E-state index contributed by atoms with van der Waals surface area (Å²) in [6.45, 7) is 0. The summed E-state index contributed by atoms with van der Waals surface area (Å²) in [5.74, 6) is 1.65. The first-order valence-corrected chi connectivity index (χ1v) is 21.4. The molecule has 7 nitrogen and oxygen atoms in total. The first-order chi connectivity index (χ1) is 31.7. The highest BCUT2D eigenvalue weighted by atomic mass is 16.3. The molecule has 0 atom stereocenters. The summed E-state index contributed by atoms with van der Waals surface area (Å²) in [5, 5.41) is 8.52. The van der Waals surface area contributed by atoms with Crippen LogP contribution in [0.25, 0.3) is 133 Å². The van der Waals surface area contributed by atoms with Crippen LogP contribution in [0.2, 0.25) is 0 Å². The van der Waals surface area contributed by atoms with E-state index in [0.29, 0.717) is 17.6 Å². The minimum absolute atomic E-state index is 0.515. The van der Waals surface area contributed by atoms with Crippen LogP contribution in [-0.2, 0) is 0 Å². The van der Waals surface area contributed by atoms with Gasteiger partial charge >= 0.3 is 0 Å². The maximum absolute atomic E-state index is 6.72. The van der Waals surface area contributed by atoms with Crippen molar-refractivity contribution in [3.63, 3.8) is 0 Å². The molecule has 0 aliphatic carbocycles. The van der Waals surface area contributed by atoms with E-state index in [4.69, 9.17) is 23.8 Å². The zero-order valence-electron chi connectivity index (χ0n) is 34.1. The zero-order chi connectivity index (χ0) is 41.9. The minimum Gasteiger partial charge on any atom is -0.456 e. The molecule has 14 aromatic rings. The number of benzene rings is 9. The molecule has 5 heterocycles. The highest BCUT2D eigenvalue weighted by Gasteiger charge is 2.26. The van der Waals surface area contributed by atoms with Gasteiger partial charge in [-0.2, -0.15) is 9.97 Å². The molecule has 0 unspecified atom stereocenters. The third-order valence-electron chi connectivity index (χ3n) is 12.8. The molecule has 0 fully saturated rings. The third kappa shape index (κ3) is 5.00. The predicted molar refractivity (Wildman–Crippen MR) is 259 cm³/mol. The van der Waals surface area contributed by atoms with Crippen LogP contribution in [-0.4, -0.2) is 24.1 Å². The summed E-state index contributed by atoms with van der Waals surface area (Å²) in [6.07, 6.45) is 0. The largest absolute Gasteiger partial charge is 0.456 e. The SMILES string of the molecule is c1ccc(-c2cc(-n3c4ccccc4c4ccc5c6ccccc6n(-c6nc(-c7ccccc7)nc(-c7cccc8oc9ccccc9c78)n6)c5c43)c3c(c2)oc2ccccc23)cc1. The number of hydrogen-bond acceptors (Lipinski definition) is 5. The van der Waals surface area contributed by atoms with Gasteiger partial charge in [0.1, 0.15) is 22.3 Å². The van der Waals surface area contributed by atoms with Crippen LogP contribution in [0, 0.1) is 0 Å². The molecule has 5 aromatic heterocycles. The van der Waals surface area contributed by atoms with Gasteiger partial charge in [0.25, 0.3) is 0 Å². The summed E-state index contributed by atoms with van der Waals surface area (Å²) in [5.41, 5.74) is 12.3. The van der Waals surface area contributed by atoms with Gasteiger partial charge in [0.15, 0.2) is 11.6 Å². The van der Waals surface area contributed by atoms with Gasteiger partial charge in [0.2, 0.25) is 5.95 Å². The standard InChI is InChI=1S/C57H33N5O2/c1-3-16-34(17-4-1)36-32-46(52-42-23-10-14-28-48(42)64-50(52)33-36)61-44-25-11-7-20-37(44)39-30-31-40-38-21-8-12-26-45(38)62(54(40)53(39)61)57-59-55(35-18-5-2-6-19-35)58-56(60-57)43-24-15-29-49-51(43)41-22-9-13-27-47(41)63-49/h1-33H. The zero-order valence-corrected chi connectivity index (χ0v) is 34.1. The molecule has 0 amide bonds. The lowest BCUT2D eigenvalue weighted by Crippen LogP contribution is -2.07. The number of nitrogens with zero attached hydrogens (tertiary/aromatic N) is 5. The lowest BCUT2D eigenvalue weighted by molar-refractivity contribution is 0.668. The second-order valence-corrected chi connectivity index (χ2v) is 16.3. The Kier molecular flexibility index (Phi) is 7.27. The number of rotatable bonds is 5. The molecule has 298 valence electrons. The fourth-order valence-corrected chi connectivity index (χ4v) is 10.0. The van der Waals surface area contributed by atoms with Crippen LogP contribution in [0.4, 0.5) is 0 Å². The maximum atomic E-state index is 6.72. The number of fused-ring (bicyclic) bond motifs is 13. The number of hydrogen-bond donors (Lipinski definition) is 0. The average molecular weight is 820 g/mol. The van der Waals surface area contributed by atoms with Gasteiger partial charge in [0, 0.05) is 48.8 Å². The molecule has 0 aliphatic rings. The van der Waals surface area contributed by atoms with Crippen molar-refractivity contribution in [2.45, 2.75) is 0 Å². The predicted octanol–water partition coefficient (Wildman–Crippen LogP) is 14.9. The summed E-state index contributed by atoms with van der Waals surface area (Å²) in [6, 6.07) is 69.6. The van der Waals surface area contributed by atoms with Crippen LogP contribution in [0.15, 0.2) is 209 Å². The Morgan fingerprint density at radius 3 is 1.56 bits per heavy atom. The van der Waals surface area contributed by atoms with Crippen LogP contribution in [0.1, 0.15) is 0 Å². The first kappa shape index (κ1) is 34.9. The van der Waals surface area contributed by atoms with E-state index in [-0.39, 0.29) is 0 Å². The molecule has 7 heteroatoms. The highest BCUT2D eigenvalue weighted by molar-refractivity contribution is 6.25. The van der Waals surface area contributed by atoms with Crippen molar-refractivity contribution < 1.29 is 8.83 Å². The highest BCUT2D eigenvalue weighted by Crippen LogP contribution is 2.45. The van der Waals surface area contributed by atoms with Crippen molar-refractivity contribution in [3.8, 4) is 45.5 Å². The molecule has 0 aliphatic heterocycles. The van der Waals surface area contributed by atoms with Gasteiger partial charge < -0.3 is 13.4 Å². The normalized spacial score (nSPS) is 12.1. The Bertz CT molecular complexity index is 4200. The van der Waals surface area contributed by atoms with E-state index in [1.54, 1.807) is 0 Å². The van der Waals surface area contributed by atoms with Crippen molar-refractivity contribution >= 4 is 87.5 Å². The Balaban J connectivity index is 1.16. The number of furan rings is 2. The molecule has 14 rings (SSSR count). The van der Waals surface area contributed by atoms with Gasteiger partial charge in [-0.05, 0) is 53.6 Å². The van der Waals surface area contributed by atoms with Gasteiger partial charge in [-0.25, -0.2) is 4.98 Å². The van der Waals surface area contributed by atoms with E-state index < -0.39 is 0 Å². The monoisotopic (exact) mass is 819 g/mol. The van der Waals surface area contributed by atoms with Crippen molar-refractivity contribution in [3.05, 3.63) is 200 Å². The lowest BCUT2D eigenvalue weighted by atomic mass is 10.0. The Morgan fingerprint density at radius 2 is 0.859 bits per heavy atom. The van der Waals surface area contributed by atoms with E-state index >= 15 is 0 Å². The Hall–Kier alpha value is -8.81. The van der Waals surface area contributed by atoms with Crippen molar-refractivity contribution in [2.75, 3.05) is 0 Å². The molecule has 0 spiro atoms. The van der Waals surface area contributed by atoms with Crippen LogP contribution >= 0.6 is 0 Å². The second-order valence-electron chi connectivity index (χ2n) is 16.3. The molecule has 64 heavy (non-hydrogen) atoms. The van der Waals surface area contributed by atoms with E-state index in [1.807, 2.05) is 54.6 Å². The molecule has 9 aromatic carbocycles. The molecule has 0 radical (unpaired) electrons. The number of para-hydroxylation sites is 4. The van der Waals surface area contributed by atoms with Crippen molar-refractivity contribution in [1.82, 2.24) is 24.1 Å². The van der Waals surface area contributed by atoms with Crippen molar-refractivity contribution in [1.29, 1.82) is 0 Å². The fourth-order valence-electron chi connectivity index (χ4n) is 10.0. The van der Waals surface area contributed by atoms with Gasteiger partial charge in [-0.15, -0.1) is 0 Å². The van der Waals surface area contributed by atoms with Gasteiger partial charge in [0.05, 0.1) is 33.1 Å². The first-order valence-electron chi connectivity index (χ1n) is 21.4.